The molecule has 0 heterocycles. The fraction of sp³-hybridized carbons (Fsp3) is 0.625. The van der Waals surface area contributed by atoms with Crippen LogP contribution in [0.15, 0.2) is 18.2 Å². The number of halogens is 1. The highest BCUT2D eigenvalue weighted by molar-refractivity contribution is 6.17. The van der Waals surface area contributed by atoms with E-state index in [1.54, 1.807) is 7.11 Å². The van der Waals surface area contributed by atoms with Gasteiger partial charge in [-0.3, -0.25) is 0 Å². The highest BCUT2D eigenvalue weighted by atomic mass is 35.5. The molecular formula is C16H25ClO2. The molecule has 1 aromatic rings. The normalized spacial score (nSPS) is 12.2. The zero-order valence-corrected chi connectivity index (χ0v) is 13.0. The van der Waals surface area contributed by atoms with Gasteiger partial charge in [-0.25, -0.2) is 0 Å². The van der Waals surface area contributed by atoms with Crippen molar-refractivity contribution < 1.29 is 9.47 Å². The second-order valence-corrected chi connectivity index (χ2v) is 5.08. The van der Waals surface area contributed by atoms with Gasteiger partial charge in [0.05, 0.1) is 19.6 Å². The highest BCUT2D eigenvalue weighted by Gasteiger charge is 2.13. The summed E-state index contributed by atoms with van der Waals surface area (Å²) < 4.78 is 11.3. The molecule has 1 unspecified atom stereocenters. The van der Waals surface area contributed by atoms with Gasteiger partial charge in [0.1, 0.15) is 0 Å². The molecule has 3 heteroatoms. The lowest BCUT2D eigenvalue weighted by atomic mass is 10.0. The maximum atomic E-state index is 5.99. The molecule has 0 N–H and O–H groups in total. The van der Waals surface area contributed by atoms with Crippen molar-refractivity contribution in [2.75, 3.05) is 13.7 Å². The lowest BCUT2D eigenvalue weighted by Crippen LogP contribution is -2.12. The van der Waals surface area contributed by atoms with Crippen LogP contribution >= 0.6 is 11.6 Å². The zero-order valence-electron chi connectivity index (χ0n) is 12.2. The molecule has 0 aliphatic carbocycles. The van der Waals surface area contributed by atoms with Gasteiger partial charge in [-0.15, -0.1) is 11.6 Å². The van der Waals surface area contributed by atoms with E-state index in [0.29, 0.717) is 11.8 Å². The van der Waals surface area contributed by atoms with Gasteiger partial charge >= 0.3 is 0 Å². The van der Waals surface area contributed by atoms with Gasteiger partial charge in [-0.2, -0.15) is 0 Å². The first-order chi connectivity index (χ1) is 9.26. The van der Waals surface area contributed by atoms with Gasteiger partial charge < -0.3 is 9.47 Å². The predicted molar refractivity (Wildman–Crippen MR) is 81.4 cm³/mol. The predicted octanol–water partition coefficient (Wildman–Crippen LogP) is 5.03. The Kier molecular flexibility index (Phi) is 7.73. The van der Waals surface area contributed by atoms with E-state index < -0.39 is 0 Å². The average Bonchev–Trinajstić information content (AvgIpc) is 2.47. The van der Waals surface area contributed by atoms with Crippen LogP contribution in [0.3, 0.4) is 0 Å². The third-order valence-corrected chi connectivity index (χ3v) is 3.72. The van der Waals surface area contributed by atoms with Crippen molar-refractivity contribution in [3.05, 3.63) is 23.8 Å². The average molecular weight is 285 g/mol. The monoisotopic (exact) mass is 284 g/mol. The number of benzene rings is 1. The lowest BCUT2D eigenvalue weighted by Gasteiger charge is -2.18. The second-order valence-electron chi connectivity index (χ2n) is 4.81. The van der Waals surface area contributed by atoms with E-state index in [9.17, 15) is 0 Å². The molecule has 1 aromatic carbocycles. The van der Waals surface area contributed by atoms with Crippen molar-refractivity contribution in [2.45, 2.75) is 45.4 Å². The minimum Gasteiger partial charge on any atom is -0.493 e. The van der Waals surface area contributed by atoms with Crippen LogP contribution in [-0.4, -0.2) is 13.7 Å². The number of methoxy groups -OCH3 is 1. The van der Waals surface area contributed by atoms with Crippen LogP contribution in [0.1, 0.15) is 45.1 Å². The summed E-state index contributed by atoms with van der Waals surface area (Å²) in [6.07, 6.45) is 4.86. The van der Waals surface area contributed by atoms with Crippen molar-refractivity contribution >= 4 is 11.6 Å². The van der Waals surface area contributed by atoms with E-state index in [4.69, 9.17) is 21.1 Å². The van der Waals surface area contributed by atoms with Crippen LogP contribution in [0.4, 0.5) is 0 Å². The fourth-order valence-corrected chi connectivity index (χ4v) is 2.30. The van der Waals surface area contributed by atoms with Crippen molar-refractivity contribution in [1.29, 1.82) is 0 Å². The third-order valence-electron chi connectivity index (χ3n) is 3.43. The van der Waals surface area contributed by atoms with Crippen LogP contribution < -0.4 is 9.47 Å². The van der Waals surface area contributed by atoms with Crippen molar-refractivity contribution in [1.82, 2.24) is 0 Å². The molecule has 0 amide bonds. The molecule has 0 aromatic heterocycles. The Bertz CT molecular complexity index is 344. The molecule has 0 bridgehead atoms. The van der Waals surface area contributed by atoms with Gasteiger partial charge in [0.25, 0.3) is 0 Å². The Labute approximate surface area is 122 Å². The van der Waals surface area contributed by atoms with E-state index >= 15 is 0 Å². The number of hydrogen-bond acceptors (Lipinski definition) is 2. The van der Waals surface area contributed by atoms with Crippen LogP contribution in [0, 0.1) is 5.92 Å². The molecule has 0 saturated carbocycles. The number of hydrogen-bond donors (Lipinski definition) is 0. The Morgan fingerprint density at radius 2 is 2.05 bits per heavy atom. The molecule has 1 rings (SSSR count). The Hall–Kier alpha value is -0.890. The van der Waals surface area contributed by atoms with Crippen LogP contribution in [0.5, 0.6) is 11.5 Å². The third kappa shape index (κ3) is 4.94. The molecule has 108 valence electrons. The smallest absolute Gasteiger partial charge is 0.165 e. The van der Waals surface area contributed by atoms with Gasteiger partial charge in [-0.05, 0) is 18.4 Å². The van der Waals surface area contributed by atoms with E-state index in [1.807, 2.05) is 18.2 Å². The SMILES string of the molecule is CCCCC(CC)COc1c(CCl)cccc1OC. The summed E-state index contributed by atoms with van der Waals surface area (Å²) in [5.41, 5.74) is 0.992. The van der Waals surface area contributed by atoms with Gasteiger partial charge in [0, 0.05) is 5.56 Å². The number of rotatable bonds is 9. The molecule has 19 heavy (non-hydrogen) atoms. The van der Waals surface area contributed by atoms with Crippen LogP contribution in [0.2, 0.25) is 0 Å². The Balaban J connectivity index is 2.69. The minimum atomic E-state index is 0.443. The summed E-state index contributed by atoms with van der Waals surface area (Å²) >= 11 is 5.96. The second kappa shape index (κ2) is 9.08. The fourth-order valence-electron chi connectivity index (χ4n) is 2.09. The summed E-state index contributed by atoms with van der Waals surface area (Å²) in [5, 5.41) is 0. The van der Waals surface area contributed by atoms with Gasteiger partial charge in [0.15, 0.2) is 11.5 Å². The zero-order chi connectivity index (χ0) is 14.1. The first-order valence-electron chi connectivity index (χ1n) is 7.11. The van der Waals surface area contributed by atoms with E-state index in [1.165, 1.54) is 19.3 Å². The molecule has 0 radical (unpaired) electrons. The number of alkyl halides is 1. The quantitative estimate of drug-likeness (QED) is 0.592. The molecule has 0 spiro atoms. The standard InChI is InChI=1S/C16H25ClO2/c1-4-6-8-13(5-2)12-19-16-14(11-17)9-7-10-15(16)18-3/h7,9-10,13H,4-6,8,11-12H2,1-3H3. The van der Waals surface area contributed by atoms with Crippen LogP contribution in [0.25, 0.3) is 0 Å². The van der Waals surface area contributed by atoms with Crippen molar-refractivity contribution in [3.63, 3.8) is 0 Å². The summed E-state index contributed by atoms with van der Waals surface area (Å²) in [4.78, 5) is 0. The first kappa shape index (κ1) is 16.2. The molecular weight excluding hydrogens is 260 g/mol. The Morgan fingerprint density at radius 1 is 1.26 bits per heavy atom. The summed E-state index contributed by atoms with van der Waals surface area (Å²) in [7, 11) is 1.66. The van der Waals surface area contributed by atoms with E-state index in [0.717, 1.165) is 30.1 Å². The lowest BCUT2D eigenvalue weighted by molar-refractivity contribution is 0.223. The highest BCUT2D eigenvalue weighted by Crippen LogP contribution is 2.32. The largest absolute Gasteiger partial charge is 0.493 e. The first-order valence-corrected chi connectivity index (χ1v) is 7.64. The summed E-state index contributed by atoms with van der Waals surface area (Å²) in [6.45, 7) is 5.18. The molecule has 2 nitrogen and oxygen atoms in total. The van der Waals surface area contributed by atoms with Gasteiger partial charge in [0.2, 0.25) is 0 Å². The summed E-state index contributed by atoms with van der Waals surface area (Å²) in [5.74, 6) is 2.62. The topological polar surface area (TPSA) is 18.5 Å². The number of unbranched alkanes of at least 4 members (excludes halogenated alkanes) is 1. The molecule has 0 fully saturated rings. The maximum Gasteiger partial charge on any atom is 0.165 e. The van der Waals surface area contributed by atoms with Crippen LogP contribution in [-0.2, 0) is 5.88 Å². The molecule has 0 saturated heterocycles. The molecule has 0 aliphatic rings. The number of ether oxygens (including phenoxy) is 2. The molecule has 1 atom stereocenters. The molecule has 0 aliphatic heterocycles. The van der Waals surface area contributed by atoms with E-state index in [-0.39, 0.29) is 0 Å². The minimum absolute atomic E-state index is 0.443. The Morgan fingerprint density at radius 3 is 2.63 bits per heavy atom. The van der Waals surface area contributed by atoms with Gasteiger partial charge in [-0.1, -0.05) is 45.2 Å². The van der Waals surface area contributed by atoms with Crippen molar-refractivity contribution in [3.8, 4) is 11.5 Å². The van der Waals surface area contributed by atoms with E-state index in [2.05, 4.69) is 13.8 Å². The maximum absolute atomic E-state index is 5.99. The summed E-state index contributed by atoms with van der Waals surface area (Å²) in [6, 6.07) is 5.84. The number of para-hydroxylation sites is 1. The van der Waals surface area contributed by atoms with Crippen molar-refractivity contribution in [2.24, 2.45) is 5.92 Å².